The molecule has 2 aromatic rings. The maximum absolute atomic E-state index is 11.4. The van der Waals surface area contributed by atoms with Crippen molar-refractivity contribution in [2.45, 2.75) is 25.9 Å². The van der Waals surface area contributed by atoms with Crippen LogP contribution < -0.4 is 5.32 Å². The molecule has 0 saturated carbocycles. The summed E-state index contributed by atoms with van der Waals surface area (Å²) in [6.07, 6.45) is 2.48. The first-order valence-corrected chi connectivity index (χ1v) is 6.57. The summed E-state index contributed by atoms with van der Waals surface area (Å²) in [5, 5.41) is 3.89. The average Bonchev–Trinajstić information content (AvgIpc) is 2.85. The Hall–Kier alpha value is -1.81. The zero-order chi connectivity index (χ0) is 13.8. The predicted octanol–water partition coefficient (Wildman–Crippen LogP) is 2.12. The molecule has 1 heterocycles. The number of hydrogen-bond donors (Lipinski definition) is 2. The van der Waals surface area contributed by atoms with Gasteiger partial charge in [0.05, 0.1) is 0 Å². The highest BCUT2D eigenvalue weighted by Crippen LogP contribution is 2.16. The number of carbonyl (C=O) groups is 1. The molecule has 19 heavy (non-hydrogen) atoms. The Morgan fingerprint density at radius 2 is 2.21 bits per heavy atom. The van der Waals surface area contributed by atoms with Crippen LogP contribution in [0.2, 0.25) is 0 Å². The number of rotatable bonds is 5. The molecule has 4 heteroatoms. The van der Waals surface area contributed by atoms with Gasteiger partial charge in [-0.05, 0) is 43.1 Å². The molecule has 0 spiro atoms. The number of aromatic nitrogens is 1. The van der Waals surface area contributed by atoms with Crippen molar-refractivity contribution in [2.75, 3.05) is 14.1 Å². The number of carbonyl (C=O) groups excluding carboxylic acids is 1. The van der Waals surface area contributed by atoms with Gasteiger partial charge in [-0.15, -0.1) is 0 Å². The van der Waals surface area contributed by atoms with Crippen LogP contribution in [0.25, 0.3) is 10.9 Å². The lowest BCUT2D eigenvalue weighted by atomic mass is 10.1. The summed E-state index contributed by atoms with van der Waals surface area (Å²) >= 11 is 0. The van der Waals surface area contributed by atoms with Crippen LogP contribution in [-0.4, -0.2) is 35.9 Å². The van der Waals surface area contributed by atoms with Crippen molar-refractivity contribution >= 4 is 16.8 Å². The van der Waals surface area contributed by atoms with E-state index in [-0.39, 0.29) is 11.9 Å². The van der Waals surface area contributed by atoms with Gasteiger partial charge in [0.1, 0.15) is 0 Å². The quantitative estimate of drug-likeness (QED) is 0.864. The van der Waals surface area contributed by atoms with Crippen LogP contribution in [0.4, 0.5) is 0 Å². The third-order valence-corrected chi connectivity index (χ3v) is 3.56. The number of hydrogen-bond acceptors (Lipinski definition) is 2. The van der Waals surface area contributed by atoms with Crippen molar-refractivity contribution in [3.63, 3.8) is 0 Å². The molecule has 0 bridgehead atoms. The van der Waals surface area contributed by atoms with Crippen LogP contribution in [0.15, 0.2) is 30.5 Å². The van der Waals surface area contributed by atoms with E-state index in [9.17, 15) is 4.79 Å². The van der Waals surface area contributed by atoms with E-state index in [4.69, 9.17) is 0 Å². The standard InChI is InChI=1S/C15H21N3O/c1-11(8-15(19)16-2)18(3)10-12-4-5-14-13(9-12)6-7-17-14/h4-7,9,11,17H,8,10H2,1-3H3,(H,16,19)/t11-/m1/s1. The molecule has 0 saturated heterocycles. The minimum Gasteiger partial charge on any atom is -0.361 e. The molecule has 2 rings (SSSR count). The third-order valence-electron chi connectivity index (χ3n) is 3.56. The fourth-order valence-electron chi connectivity index (χ4n) is 2.17. The van der Waals surface area contributed by atoms with Gasteiger partial charge in [0.2, 0.25) is 5.91 Å². The molecule has 2 N–H and O–H groups in total. The lowest BCUT2D eigenvalue weighted by molar-refractivity contribution is -0.121. The molecule has 4 nitrogen and oxygen atoms in total. The monoisotopic (exact) mass is 259 g/mol. The Bertz CT molecular complexity index is 561. The molecule has 0 aliphatic heterocycles. The van der Waals surface area contributed by atoms with E-state index in [0.29, 0.717) is 6.42 Å². The molecule has 1 aromatic heterocycles. The number of benzene rings is 1. The maximum atomic E-state index is 11.4. The fourth-order valence-corrected chi connectivity index (χ4v) is 2.17. The predicted molar refractivity (Wildman–Crippen MR) is 77.9 cm³/mol. The summed E-state index contributed by atoms with van der Waals surface area (Å²) in [5.41, 5.74) is 2.42. The SMILES string of the molecule is CNC(=O)C[C@@H](C)N(C)Cc1ccc2[nH]ccc2c1. The number of fused-ring (bicyclic) bond motifs is 1. The molecule has 0 radical (unpaired) electrons. The summed E-state index contributed by atoms with van der Waals surface area (Å²) in [7, 11) is 3.73. The average molecular weight is 259 g/mol. The first-order chi connectivity index (χ1) is 9.10. The summed E-state index contributed by atoms with van der Waals surface area (Å²) in [6.45, 7) is 2.92. The Morgan fingerprint density at radius 3 is 2.95 bits per heavy atom. The van der Waals surface area contributed by atoms with Crippen molar-refractivity contribution in [2.24, 2.45) is 0 Å². The summed E-state index contributed by atoms with van der Waals surface area (Å²) in [6, 6.07) is 8.72. The molecular formula is C15H21N3O. The van der Waals surface area contributed by atoms with Gasteiger partial charge in [-0.25, -0.2) is 0 Å². The van der Waals surface area contributed by atoms with Crippen molar-refractivity contribution in [3.05, 3.63) is 36.0 Å². The first-order valence-electron chi connectivity index (χ1n) is 6.57. The lowest BCUT2D eigenvalue weighted by Crippen LogP contribution is -2.33. The van der Waals surface area contributed by atoms with Crippen LogP contribution in [0.5, 0.6) is 0 Å². The van der Waals surface area contributed by atoms with Crippen LogP contribution in [0.3, 0.4) is 0 Å². The Kier molecular flexibility index (Phi) is 4.22. The van der Waals surface area contributed by atoms with Gasteiger partial charge >= 0.3 is 0 Å². The number of aromatic amines is 1. The molecule has 0 aliphatic rings. The largest absolute Gasteiger partial charge is 0.361 e. The van der Waals surface area contributed by atoms with E-state index in [1.807, 2.05) is 6.20 Å². The highest BCUT2D eigenvalue weighted by atomic mass is 16.1. The van der Waals surface area contributed by atoms with Crippen molar-refractivity contribution in [3.8, 4) is 0 Å². The van der Waals surface area contributed by atoms with Crippen molar-refractivity contribution < 1.29 is 4.79 Å². The van der Waals surface area contributed by atoms with Crippen LogP contribution in [0, 0.1) is 0 Å². The van der Waals surface area contributed by atoms with E-state index in [0.717, 1.165) is 12.1 Å². The minimum absolute atomic E-state index is 0.0837. The van der Waals surface area contributed by atoms with Crippen LogP contribution in [0.1, 0.15) is 18.9 Å². The molecule has 0 unspecified atom stereocenters. The molecule has 1 aromatic carbocycles. The minimum atomic E-state index is 0.0837. The Balaban J connectivity index is 2.01. The van der Waals surface area contributed by atoms with E-state index >= 15 is 0 Å². The maximum Gasteiger partial charge on any atom is 0.221 e. The highest BCUT2D eigenvalue weighted by Gasteiger charge is 2.13. The normalized spacial score (nSPS) is 12.8. The molecule has 102 valence electrons. The Labute approximate surface area is 113 Å². The smallest absolute Gasteiger partial charge is 0.221 e. The summed E-state index contributed by atoms with van der Waals surface area (Å²) in [5.74, 6) is 0.0837. The summed E-state index contributed by atoms with van der Waals surface area (Å²) in [4.78, 5) is 16.8. The molecular weight excluding hydrogens is 238 g/mol. The van der Waals surface area contributed by atoms with Gasteiger partial charge in [-0.2, -0.15) is 0 Å². The third kappa shape index (κ3) is 3.35. The van der Waals surface area contributed by atoms with Crippen LogP contribution >= 0.6 is 0 Å². The molecule has 1 amide bonds. The van der Waals surface area contributed by atoms with Crippen LogP contribution in [-0.2, 0) is 11.3 Å². The van der Waals surface area contributed by atoms with E-state index in [2.05, 4.69) is 53.4 Å². The zero-order valence-electron chi connectivity index (χ0n) is 11.7. The van der Waals surface area contributed by atoms with Gasteiger partial charge in [-0.3, -0.25) is 9.69 Å². The number of H-pyrrole nitrogens is 1. The fraction of sp³-hybridized carbons (Fsp3) is 0.400. The zero-order valence-corrected chi connectivity index (χ0v) is 11.7. The van der Waals surface area contributed by atoms with Gasteiger partial charge < -0.3 is 10.3 Å². The van der Waals surface area contributed by atoms with Crippen molar-refractivity contribution in [1.82, 2.24) is 15.2 Å². The van der Waals surface area contributed by atoms with E-state index < -0.39 is 0 Å². The van der Waals surface area contributed by atoms with Gasteiger partial charge in [0, 0.05) is 37.8 Å². The number of nitrogens with one attached hydrogen (secondary N) is 2. The van der Waals surface area contributed by atoms with E-state index in [1.54, 1.807) is 7.05 Å². The second kappa shape index (κ2) is 5.89. The second-order valence-corrected chi connectivity index (χ2v) is 5.04. The topological polar surface area (TPSA) is 48.1 Å². The summed E-state index contributed by atoms with van der Waals surface area (Å²) < 4.78 is 0. The molecule has 1 atom stereocenters. The molecule has 0 aliphatic carbocycles. The van der Waals surface area contributed by atoms with Gasteiger partial charge in [-0.1, -0.05) is 6.07 Å². The highest BCUT2D eigenvalue weighted by molar-refractivity contribution is 5.79. The first kappa shape index (κ1) is 13.6. The second-order valence-electron chi connectivity index (χ2n) is 5.04. The van der Waals surface area contributed by atoms with Crippen molar-refractivity contribution in [1.29, 1.82) is 0 Å². The molecule has 0 fully saturated rings. The van der Waals surface area contributed by atoms with Gasteiger partial charge in [0.15, 0.2) is 0 Å². The Morgan fingerprint density at radius 1 is 1.42 bits per heavy atom. The van der Waals surface area contributed by atoms with Gasteiger partial charge in [0.25, 0.3) is 0 Å². The number of amides is 1. The van der Waals surface area contributed by atoms with E-state index in [1.165, 1.54) is 10.9 Å². The lowest BCUT2D eigenvalue weighted by Gasteiger charge is -2.24. The number of nitrogens with zero attached hydrogens (tertiary/aromatic N) is 1.